The Morgan fingerprint density at radius 3 is 2.73 bits per heavy atom. The molecule has 3 unspecified atom stereocenters. The van der Waals surface area contributed by atoms with Crippen LogP contribution in [0.25, 0.3) is 27.5 Å². The Morgan fingerprint density at radius 2 is 2.04 bits per heavy atom. The maximum absolute atomic E-state index is 16.1. The van der Waals surface area contributed by atoms with Crippen LogP contribution in [0, 0.1) is 5.82 Å². The van der Waals surface area contributed by atoms with Gasteiger partial charge in [-0.2, -0.15) is 9.97 Å². The highest BCUT2D eigenvalue weighted by Gasteiger charge is 2.53. The van der Waals surface area contributed by atoms with E-state index in [1.54, 1.807) is 38.4 Å². The van der Waals surface area contributed by atoms with Crippen molar-refractivity contribution < 1.29 is 23.4 Å². The van der Waals surface area contributed by atoms with Gasteiger partial charge in [0.15, 0.2) is 0 Å². The second-order valence-electron chi connectivity index (χ2n) is 15.8. The van der Waals surface area contributed by atoms with Crippen molar-refractivity contribution in [2.24, 2.45) is 15.7 Å². The van der Waals surface area contributed by atoms with E-state index >= 15 is 4.39 Å². The van der Waals surface area contributed by atoms with E-state index in [4.69, 9.17) is 30.4 Å². The molecular formula is C42H48F2N8O3. The largest absolute Gasteiger partial charge is 0.508 e. The Kier molecular flexibility index (Phi) is 9.26. The minimum atomic E-state index is -0.915. The molecule has 2 saturated heterocycles. The number of nitrogens with zero attached hydrogens (tertiary/aromatic N) is 7. The average molecular weight is 751 g/mol. The zero-order valence-corrected chi connectivity index (χ0v) is 32.3. The van der Waals surface area contributed by atoms with Gasteiger partial charge in [-0.3, -0.25) is 19.7 Å². The number of anilines is 1. The smallest absolute Gasteiger partial charge is 0.319 e. The molecule has 5 aliphatic rings. The highest BCUT2D eigenvalue weighted by Crippen LogP contribution is 2.55. The third-order valence-corrected chi connectivity index (χ3v) is 11.6. The van der Waals surface area contributed by atoms with Crippen molar-refractivity contribution in [1.82, 2.24) is 19.8 Å². The van der Waals surface area contributed by atoms with Crippen LogP contribution in [-0.2, 0) is 4.79 Å². The monoisotopic (exact) mass is 750 g/mol. The number of carbonyl (C=O) groups is 1. The predicted octanol–water partition coefficient (Wildman–Crippen LogP) is 5.92. The summed E-state index contributed by atoms with van der Waals surface area (Å²) in [6.45, 7) is 10.8. The first kappa shape index (κ1) is 36.8. The standard InChI is InChI=1S/C42H48F2N8O3/c1-7-28-36-38(33-23(4)32-30(44)10-9-24-15-27(53)17-29(34(24)32)35(33)37(28)47-22(2)3)48-41(55-21-42-11-14-52(42)19-25(43)18-42)49-39(36)51-13-8-12-46-26(20-51)16-31(45)40(54)50(5)6/h7,9-10,15-17,22-23,25,53H,8,11-14,18-21,45H2,1-6H3/b28-7-,31-16-,47-37?. The number of amides is 1. The molecule has 55 heavy (non-hydrogen) atoms. The lowest BCUT2D eigenvalue weighted by Gasteiger charge is -2.47. The number of hydrogen-bond donors (Lipinski definition) is 2. The van der Waals surface area contributed by atoms with E-state index in [9.17, 15) is 14.3 Å². The number of ether oxygens (including phenoxy) is 1. The van der Waals surface area contributed by atoms with Gasteiger partial charge in [-0.05, 0) is 79.8 Å². The van der Waals surface area contributed by atoms with E-state index in [-0.39, 0.29) is 41.8 Å². The van der Waals surface area contributed by atoms with Crippen molar-refractivity contribution in [2.45, 2.75) is 70.6 Å². The van der Waals surface area contributed by atoms with Crippen LogP contribution in [0.5, 0.6) is 11.8 Å². The molecule has 0 saturated carbocycles. The molecule has 2 fully saturated rings. The second-order valence-corrected chi connectivity index (χ2v) is 15.8. The number of carbonyl (C=O) groups excluding carboxylic acids is 1. The van der Waals surface area contributed by atoms with Gasteiger partial charge in [-0.1, -0.05) is 19.1 Å². The van der Waals surface area contributed by atoms with E-state index in [2.05, 4.69) is 9.80 Å². The molecule has 3 atom stereocenters. The SMILES string of the molecule is C/C=C1\C(=NC(C)C)C2=C(c3nc(OCC45CCN4CC(F)C5)nc(N4CCCN=C(/C=C(\N)C(=O)N(C)C)C4)c31)C(C)c1c(F)ccc3cc(O)cc2c13. The minimum Gasteiger partial charge on any atom is -0.508 e. The van der Waals surface area contributed by atoms with Gasteiger partial charge in [0.2, 0.25) is 0 Å². The van der Waals surface area contributed by atoms with E-state index in [1.165, 1.54) is 11.0 Å². The van der Waals surface area contributed by atoms with Crippen LogP contribution < -0.4 is 15.4 Å². The van der Waals surface area contributed by atoms with Gasteiger partial charge in [0.25, 0.3) is 5.91 Å². The lowest BCUT2D eigenvalue weighted by molar-refractivity contribution is -0.124. The van der Waals surface area contributed by atoms with Gasteiger partial charge in [-0.25, -0.2) is 8.78 Å². The van der Waals surface area contributed by atoms with Crippen molar-refractivity contribution in [3.8, 4) is 11.8 Å². The maximum atomic E-state index is 16.1. The van der Waals surface area contributed by atoms with Crippen molar-refractivity contribution in [2.75, 3.05) is 58.3 Å². The minimum absolute atomic E-state index is 0.0640. The molecule has 8 rings (SSSR count). The number of phenols is 1. The van der Waals surface area contributed by atoms with Gasteiger partial charge in [0.1, 0.15) is 30.2 Å². The molecule has 11 nitrogen and oxygen atoms in total. The first-order chi connectivity index (χ1) is 26.3. The molecule has 3 aliphatic heterocycles. The number of phenolic OH excluding ortho intramolecular Hbond substituents is 1. The van der Waals surface area contributed by atoms with Gasteiger partial charge < -0.3 is 25.4 Å². The van der Waals surface area contributed by atoms with Crippen molar-refractivity contribution >= 4 is 50.6 Å². The average Bonchev–Trinajstić information content (AvgIpc) is 3.26. The van der Waals surface area contributed by atoms with Crippen LogP contribution in [-0.4, -0.2) is 113 Å². The number of aromatic nitrogens is 2. The van der Waals surface area contributed by atoms with Crippen molar-refractivity contribution in [3.05, 3.63) is 70.3 Å². The van der Waals surface area contributed by atoms with E-state index in [1.807, 2.05) is 33.8 Å². The van der Waals surface area contributed by atoms with Crippen LogP contribution in [0.3, 0.4) is 0 Å². The number of allylic oxidation sites excluding steroid dienone is 4. The number of alkyl halides is 1. The zero-order valence-electron chi connectivity index (χ0n) is 32.3. The van der Waals surface area contributed by atoms with Gasteiger partial charge in [0.05, 0.1) is 40.5 Å². The predicted molar refractivity (Wildman–Crippen MR) is 213 cm³/mol. The number of aliphatic imine (C=N–C) groups is 2. The molecule has 2 aliphatic carbocycles. The quantitative estimate of drug-likeness (QED) is 0.285. The third kappa shape index (κ3) is 6.16. The normalized spacial score (nSPS) is 25.1. The van der Waals surface area contributed by atoms with Gasteiger partial charge in [0, 0.05) is 75.4 Å². The van der Waals surface area contributed by atoms with Crippen LogP contribution >= 0.6 is 0 Å². The number of benzene rings is 2. The molecular weight excluding hydrogens is 703 g/mol. The molecule has 1 aromatic heterocycles. The van der Waals surface area contributed by atoms with Gasteiger partial charge in [-0.15, -0.1) is 0 Å². The third-order valence-electron chi connectivity index (χ3n) is 11.6. The fourth-order valence-electron chi connectivity index (χ4n) is 9.07. The number of likely N-dealkylation sites (N-methyl/N-ethyl adjacent to an activating group) is 1. The summed E-state index contributed by atoms with van der Waals surface area (Å²) in [5.41, 5.74) is 12.1. The molecule has 0 bridgehead atoms. The number of halogens is 2. The summed E-state index contributed by atoms with van der Waals surface area (Å²) in [6, 6.07) is 6.54. The zero-order chi connectivity index (χ0) is 38.9. The highest BCUT2D eigenvalue weighted by atomic mass is 19.1. The number of nitrogens with two attached hydrogens (primary N) is 1. The molecule has 0 radical (unpaired) electrons. The Morgan fingerprint density at radius 1 is 1.24 bits per heavy atom. The molecule has 0 spiro atoms. The fraction of sp³-hybridized carbons (Fsp3) is 0.452. The van der Waals surface area contributed by atoms with Crippen LogP contribution in [0.15, 0.2) is 52.1 Å². The Hall–Kier alpha value is -5.17. The van der Waals surface area contributed by atoms with E-state index < -0.39 is 17.6 Å². The van der Waals surface area contributed by atoms with Crippen molar-refractivity contribution in [3.63, 3.8) is 0 Å². The topological polar surface area (TPSA) is 133 Å². The molecule has 4 heterocycles. The summed E-state index contributed by atoms with van der Waals surface area (Å²) in [5, 5.41) is 12.5. The first-order valence-electron chi connectivity index (χ1n) is 19.2. The van der Waals surface area contributed by atoms with Crippen LogP contribution in [0.4, 0.5) is 14.6 Å². The molecule has 288 valence electrons. The summed E-state index contributed by atoms with van der Waals surface area (Å²) in [7, 11) is 3.30. The Balaban J connectivity index is 1.36. The van der Waals surface area contributed by atoms with E-state index in [0.29, 0.717) is 73.1 Å². The lowest BCUT2D eigenvalue weighted by atomic mass is 9.69. The summed E-state index contributed by atoms with van der Waals surface area (Å²) in [4.78, 5) is 38.8. The molecule has 2 aromatic carbocycles. The lowest BCUT2D eigenvalue weighted by Crippen LogP contribution is -2.59. The maximum Gasteiger partial charge on any atom is 0.319 e. The second kappa shape index (κ2) is 13.8. The number of fused-ring (bicyclic) bond motifs is 4. The summed E-state index contributed by atoms with van der Waals surface area (Å²) in [6.07, 6.45) is 4.64. The molecule has 3 aromatic rings. The van der Waals surface area contributed by atoms with Gasteiger partial charge >= 0.3 is 6.01 Å². The Labute approximate surface area is 320 Å². The van der Waals surface area contributed by atoms with Crippen molar-refractivity contribution in [1.29, 1.82) is 0 Å². The summed E-state index contributed by atoms with van der Waals surface area (Å²) < 4.78 is 37.4. The number of rotatable bonds is 7. The van der Waals surface area contributed by atoms with Crippen LogP contribution in [0.2, 0.25) is 0 Å². The molecule has 1 amide bonds. The molecule has 13 heteroatoms. The number of aromatic hydroxyl groups is 1. The summed E-state index contributed by atoms with van der Waals surface area (Å²) in [5.74, 6) is -0.479. The highest BCUT2D eigenvalue weighted by molar-refractivity contribution is 6.52. The number of hydrogen-bond acceptors (Lipinski definition) is 10. The fourth-order valence-corrected chi connectivity index (χ4v) is 9.07. The van der Waals surface area contributed by atoms with E-state index in [0.717, 1.165) is 46.0 Å². The molecule has 3 N–H and O–H groups in total. The Bertz CT molecular complexity index is 2280. The first-order valence-corrected chi connectivity index (χ1v) is 19.2. The van der Waals surface area contributed by atoms with Crippen LogP contribution in [0.1, 0.15) is 75.3 Å². The summed E-state index contributed by atoms with van der Waals surface area (Å²) >= 11 is 0.